The van der Waals surface area contributed by atoms with E-state index in [0.29, 0.717) is 37.2 Å². The summed E-state index contributed by atoms with van der Waals surface area (Å²) in [7, 11) is 3.31. The number of methoxy groups -OCH3 is 1. The van der Waals surface area contributed by atoms with Gasteiger partial charge in [0, 0.05) is 39.4 Å². The number of carbonyl (C=O) groups is 3. The molecule has 0 spiro atoms. The number of aryl methyl sites for hydroxylation is 1. The molecule has 6 nitrogen and oxygen atoms in total. The van der Waals surface area contributed by atoms with Gasteiger partial charge in [-0.1, -0.05) is 24.3 Å². The average Bonchev–Trinajstić information content (AvgIpc) is 2.93. The summed E-state index contributed by atoms with van der Waals surface area (Å²) in [6, 6.07) is 12.6. The molecule has 0 N–H and O–H groups in total. The lowest BCUT2D eigenvalue weighted by Gasteiger charge is -2.19. The van der Waals surface area contributed by atoms with Gasteiger partial charge in [-0.25, -0.2) is 0 Å². The van der Waals surface area contributed by atoms with E-state index in [4.69, 9.17) is 4.74 Å². The molecule has 0 saturated carbocycles. The maximum atomic E-state index is 12.8. The third kappa shape index (κ3) is 3.82. The number of hydrogen-bond acceptors (Lipinski definition) is 4. The van der Waals surface area contributed by atoms with Crippen molar-refractivity contribution in [1.82, 2.24) is 9.80 Å². The second-order valence-corrected chi connectivity index (χ2v) is 6.96. The van der Waals surface area contributed by atoms with Gasteiger partial charge in [-0.05, 0) is 42.7 Å². The summed E-state index contributed by atoms with van der Waals surface area (Å²) in [5.41, 5.74) is 3.21. The van der Waals surface area contributed by atoms with E-state index in [2.05, 4.69) is 0 Å². The Morgan fingerprint density at radius 1 is 1.07 bits per heavy atom. The van der Waals surface area contributed by atoms with E-state index < -0.39 is 0 Å². The minimum Gasteiger partial charge on any atom is -0.385 e. The summed E-state index contributed by atoms with van der Waals surface area (Å²) in [5.74, 6) is -0.861. The van der Waals surface area contributed by atoms with Crippen LogP contribution in [-0.4, -0.2) is 54.8 Å². The van der Waals surface area contributed by atoms with Gasteiger partial charge < -0.3 is 9.64 Å². The number of carbonyl (C=O) groups excluding carboxylic acids is 3. The van der Waals surface area contributed by atoms with E-state index >= 15 is 0 Å². The molecule has 0 atom stereocenters. The Labute approximate surface area is 164 Å². The van der Waals surface area contributed by atoms with E-state index in [-0.39, 0.29) is 23.3 Å². The number of nitrogens with zero attached hydrogens (tertiary/aromatic N) is 2. The zero-order chi connectivity index (χ0) is 20.3. The Morgan fingerprint density at radius 3 is 2.50 bits per heavy atom. The summed E-state index contributed by atoms with van der Waals surface area (Å²) >= 11 is 0. The van der Waals surface area contributed by atoms with Crippen molar-refractivity contribution in [3.63, 3.8) is 0 Å². The fourth-order valence-electron chi connectivity index (χ4n) is 3.33. The molecule has 1 aliphatic rings. The molecule has 146 valence electrons. The zero-order valence-electron chi connectivity index (χ0n) is 16.4. The molecule has 2 aromatic rings. The lowest BCUT2D eigenvalue weighted by molar-refractivity contribution is 0.0638. The number of ether oxygens (including phenoxy) is 1. The van der Waals surface area contributed by atoms with Gasteiger partial charge in [0.15, 0.2) is 0 Å². The molecule has 2 aromatic carbocycles. The number of benzene rings is 2. The van der Waals surface area contributed by atoms with Gasteiger partial charge in [-0.15, -0.1) is 0 Å². The molecule has 3 amide bonds. The first-order chi connectivity index (χ1) is 13.4. The predicted molar refractivity (Wildman–Crippen MR) is 105 cm³/mol. The second kappa shape index (κ2) is 8.35. The van der Waals surface area contributed by atoms with Gasteiger partial charge >= 0.3 is 0 Å². The monoisotopic (exact) mass is 380 g/mol. The van der Waals surface area contributed by atoms with Crippen LogP contribution in [-0.2, 0) is 11.3 Å². The van der Waals surface area contributed by atoms with Crippen molar-refractivity contribution in [2.75, 3.05) is 27.3 Å². The highest BCUT2D eigenvalue weighted by Gasteiger charge is 2.35. The molecule has 0 aliphatic carbocycles. The first-order valence-electron chi connectivity index (χ1n) is 9.23. The van der Waals surface area contributed by atoms with E-state index in [9.17, 15) is 14.4 Å². The van der Waals surface area contributed by atoms with E-state index in [1.807, 2.05) is 31.2 Å². The first-order valence-corrected chi connectivity index (χ1v) is 9.23. The van der Waals surface area contributed by atoms with Gasteiger partial charge in [0.2, 0.25) is 0 Å². The molecule has 1 heterocycles. The SMILES string of the molecule is COCCCN1C(=O)c2ccc(C(=O)N(C)Cc3ccccc3C)cc2C1=O. The van der Waals surface area contributed by atoms with Crippen molar-refractivity contribution in [2.45, 2.75) is 19.9 Å². The van der Waals surface area contributed by atoms with E-state index in [1.54, 1.807) is 31.2 Å². The third-order valence-corrected chi connectivity index (χ3v) is 4.96. The second-order valence-electron chi connectivity index (χ2n) is 6.96. The average molecular weight is 380 g/mol. The topological polar surface area (TPSA) is 66.9 Å². The van der Waals surface area contributed by atoms with Crippen molar-refractivity contribution >= 4 is 17.7 Å². The highest BCUT2D eigenvalue weighted by Crippen LogP contribution is 2.25. The van der Waals surface area contributed by atoms with Crippen molar-refractivity contribution in [3.8, 4) is 0 Å². The van der Waals surface area contributed by atoms with Crippen LogP contribution in [0.2, 0.25) is 0 Å². The predicted octanol–water partition coefficient (Wildman–Crippen LogP) is 2.90. The van der Waals surface area contributed by atoms with Crippen LogP contribution in [0.1, 0.15) is 48.6 Å². The Bertz CT molecular complexity index is 923. The number of imide groups is 1. The molecule has 0 saturated heterocycles. The molecule has 3 rings (SSSR count). The largest absolute Gasteiger partial charge is 0.385 e. The molecule has 28 heavy (non-hydrogen) atoms. The van der Waals surface area contributed by atoms with E-state index in [0.717, 1.165) is 11.1 Å². The standard InChI is InChI=1S/C22H24N2O4/c1-15-7-4-5-8-17(15)14-23(2)20(25)16-9-10-18-19(13-16)22(27)24(21(18)26)11-6-12-28-3/h4-5,7-10,13H,6,11-12,14H2,1-3H3. The molecular weight excluding hydrogens is 356 g/mol. The molecule has 0 fully saturated rings. The Morgan fingerprint density at radius 2 is 1.79 bits per heavy atom. The van der Waals surface area contributed by atoms with Crippen LogP contribution in [0.5, 0.6) is 0 Å². The van der Waals surface area contributed by atoms with Crippen molar-refractivity contribution in [1.29, 1.82) is 0 Å². The van der Waals surface area contributed by atoms with Gasteiger partial charge in [0.05, 0.1) is 11.1 Å². The fourth-order valence-corrected chi connectivity index (χ4v) is 3.33. The molecule has 0 bridgehead atoms. The Kier molecular flexibility index (Phi) is 5.90. The molecule has 0 aromatic heterocycles. The summed E-state index contributed by atoms with van der Waals surface area (Å²) in [6.45, 7) is 3.25. The summed E-state index contributed by atoms with van der Waals surface area (Å²) in [5, 5.41) is 0. The van der Waals surface area contributed by atoms with Crippen LogP contribution >= 0.6 is 0 Å². The summed E-state index contributed by atoms with van der Waals surface area (Å²) in [6.07, 6.45) is 0.576. The van der Waals surface area contributed by atoms with Crippen LogP contribution in [0.4, 0.5) is 0 Å². The number of fused-ring (bicyclic) bond motifs is 1. The van der Waals surface area contributed by atoms with Crippen molar-refractivity contribution < 1.29 is 19.1 Å². The van der Waals surface area contributed by atoms with Gasteiger partial charge in [0.1, 0.15) is 0 Å². The number of rotatable bonds is 7. The zero-order valence-corrected chi connectivity index (χ0v) is 16.4. The smallest absolute Gasteiger partial charge is 0.261 e. The third-order valence-electron chi connectivity index (χ3n) is 4.96. The maximum absolute atomic E-state index is 12.8. The Hall–Kier alpha value is -2.99. The van der Waals surface area contributed by atoms with Crippen LogP contribution in [0.25, 0.3) is 0 Å². The van der Waals surface area contributed by atoms with Crippen LogP contribution in [0, 0.1) is 6.92 Å². The minimum absolute atomic E-state index is 0.191. The van der Waals surface area contributed by atoms with Crippen LogP contribution in [0.3, 0.4) is 0 Å². The molecule has 0 unspecified atom stereocenters. The fraction of sp³-hybridized carbons (Fsp3) is 0.318. The highest BCUT2D eigenvalue weighted by atomic mass is 16.5. The van der Waals surface area contributed by atoms with Gasteiger partial charge in [-0.2, -0.15) is 0 Å². The Balaban J connectivity index is 1.77. The van der Waals surface area contributed by atoms with Gasteiger partial charge in [-0.3, -0.25) is 19.3 Å². The lowest BCUT2D eigenvalue weighted by Crippen LogP contribution is -2.31. The summed E-state index contributed by atoms with van der Waals surface area (Å²) in [4.78, 5) is 40.8. The van der Waals surface area contributed by atoms with E-state index in [1.165, 1.54) is 11.0 Å². The van der Waals surface area contributed by atoms with Crippen molar-refractivity contribution in [2.24, 2.45) is 0 Å². The van der Waals surface area contributed by atoms with Crippen LogP contribution < -0.4 is 0 Å². The summed E-state index contributed by atoms with van der Waals surface area (Å²) < 4.78 is 4.98. The quantitative estimate of drug-likeness (QED) is 0.547. The first kappa shape index (κ1) is 19.8. The number of hydrogen-bond donors (Lipinski definition) is 0. The normalized spacial score (nSPS) is 13.0. The lowest BCUT2D eigenvalue weighted by atomic mass is 10.0. The van der Waals surface area contributed by atoms with Crippen molar-refractivity contribution in [3.05, 3.63) is 70.3 Å². The minimum atomic E-state index is -0.354. The van der Waals surface area contributed by atoms with Crippen LogP contribution in [0.15, 0.2) is 42.5 Å². The number of amides is 3. The molecule has 6 heteroatoms. The molecule has 1 aliphatic heterocycles. The highest BCUT2D eigenvalue weighted by molar-refractivity contribution is 6.22. The molecule has 0 radical (unpaired) electrons. The molecular formula is C22H24N2O4. The maximum Gasteiger partial charge on any atom is 0.261 e. The van der Waals surface area contributed by atoms with Gasteiger partial charge in [0.25, 0.3) is 17.7 Å².